The Balaban J connectivity index is 1.96. The Hall–Kier alpha value is -2.09. The van der Waals surface area contributed by atoms with E-state index in [1.165, 1.54) is 18.9 Å². The van der Waals surface area contributed by atoms with Crippen molar-refractivity contribution in [3.63, 3.8) is 0 Å². The molecule has 2 rings (SSSR count). The zero-order chi connectivity index (χ0) is 15.9. The zero-order valence-corrected chi connectivity index (χ0v) is 12.9. The lowest BCUT2D eigenvalue weighted by Gasteiger charge is -2.21. The number of ether oxygens (including phenoxy) is 3. The van der Waals surface area contributed by atoms with Crippen molar-refractivity contribution in [2.45, 2.75) is 0 Å². The minimum atomic E-state index is -0.868. The highest BCUT2D eigenvalue weighted by atomic mass is 32.2. The number of amides is 1. The fourth-order valence-electron chi connectivity index (χ4n) is 1.90. The number of nitrogens with one attached hydrogen (secondary N) is 1. The minimum absolute atomic E-state index is 0.0215. The van der Waals surface area contributed by atoms with Gasteiger partial charge in [0.1, 0.15) is 13.2 Å². The molecule has 0 bridgehead atoms. The molecule has 120 valence electrons. The van der Waals surface area contributed by atoms with Crippen molar-refractivity contribution in [2.75, 3.05) is 38.4 Å². The van der Waals surface area contributed by atoms with Gasteiger partial charge in [-0.15, -0.1) is 11.8 Å². The first-order chi connectivity index (χ1) is 10.6. The first kappa shape index (κ1) is 16.3. The van der Waals surface area contributed by atoms with Crippen LogP contribution in [0.5, 0.6) is 17.2 Å². The molecule has 1 aromatic rings. The summed E-state index contributed by atoms with van der Waals surface area (Å²) in [5.41, 5.74) is 0.407. The summed E-state index contributed by atoms with van der Waals surface area (Å²) >= 11 is 1.25. The van der Waals surface area contributed by atoms with Gasteiger partial charge in [-0.25, -0.2) is 0 Å². The highest BCUT2D eigenvalue weighted by Crippen LogP contribution is 2.40. The van der Waals surface area contributed by atoms with Crippen LogP contribution in [0.4, 0.5) is 0 Å². The normalized spacial score (nSPS) is 12.6. The fraction of sp³-hybridized carbons (Fsp3) is 0.429. The summed E-state index contributed by atoms with van der Waals surface area (Å²) in [5.74, 6) is 0.841. The van der Waals surface area contributed by atoms with Crippen LogP contribution >= 0.6 is 11.8 Å². The van der Waals surface area contributed by atoms with Crippen LogP contribution in [0.25, 0.3) is 0 Å². The number of hydrogen-bond acceptors (Lipinski definition) is 6. The second-order valence-electron chi connectivity index (χ2n) is 4.40. The van der Waals surface area contributed by atoms with Crippen molar-refractivity contribution in [1.29, 1.82) is 0 Å². The number of fused-ring (bicyclic) bond motifs is 1. The Morgan fingerprint density at radius 2 is 2.14 bits per heavy atom. The van der Waals surface area contributed by atoms with Crippen LogP contribution in [0.15, 0.2) is 12.1 Å². The maximum Gasteiger partial charge on any atom is 0.313 e. The Bertz CT molecular complexity index is 545. The van der Waals surface area contributed by atoms with Gasteiger partial charge in [0.25, 0.3) is 5.91 Å². The Morgan fingerprint density at radius 1 is 1.36 bits per heavy atom. The molecule has 8 heteroatoms. The predicted molar refractivity (Wildman–Crippen MR) is 81.3 cm³/mol. The molecule has 7 nitrogen and oxygen atoms in total. The number of carbonyl (C=O) groups is 2. The van der Waals surface area contributed by atoms with Crippen molar-refractivity contribution in [3.05, 3.63) is 17.7 Å². The number of rotatable bonds is 7. The van der Waals surface area contributed by atoms with Crippen molar-refractivity contribution < 1.29 is 28.9 Å². The lowest BCUT2D eigenvalue weighted by atomic mass is 10.1. The number of thioether (sulfide) groups is 1. The SMILES string of the molecule is COc1cc(C(=O)NCCSCC(=O)O)cc2c1OCCO2. The maximum atomic E-state index is 12.1. The van der Waals surface area contributed by atoms with Gasteiger partial charge in [-0.3, -0.25) is 9.59 Å². The number of carboxylic acid groups (broad SMARTS) is 1. The van der Waals surface area contributed by atoms with Gasteiger partial charge in [0, 0.05) is 17.9 Å². The summed E-state index contributed by atoms with van der Waals surface area (Å²) in [5, 5.41) is 11.2. The molecule has 1 heterocycles. The molecule has 0 aromatic heterocycles. The average molecular weight is 327 g/mol. The van der Waals surface area contributed by atoms with Crippen LogP contribution in [0, 0.1) is 0 Å². The van der Waals surface area contributed by atoms with E-state index in [9.17, 15) is 9.59 Å². The van der Waals surface area contributed by atoms with E-state index >= 15 is 0 Å². The third-order valence-electron chi connectivity index (χ3n) is 2.85. The van der Waals surface area contributed by atoms with Gasteiger partial charge in [-0.1, -0.05) is 0 Å². The van der Waals surface area contributed by atoms with E-state index in [0.717, 1.165) is 0 Å². The molecule has 1 aliphatic heterocycles. The van der Waals surface area contributed by atoms with Gasteiger partial charge >= 0.3 is 5.97 Å². The molecule has 1 aliphatic rings. The molecule has 0 saturated carbocycles. The average Bonchev–Trinajstić information content (AvgIpc) is 2.52. The van der Waals surface area contributed by atoms with Crippen molar-refractivity contribution in [3.8, 4) is 17.2 Å². The lowest BCUT2D eigenvalue weighted by molar-refractivity contribution is -0.133. The van der Waals surface area contributed by atoms with E-state index in [-0.39, 0.29) is 11.7 Å². The topological polar surface area (TPSA) is 94.1 Å². The van der Waals surface area contributed by atoms with Crippen LogP contribution in [0.3, 0.4) is 0 Å². The molecule has 0 aliphatic carbocycles. The van der Waals surface area contributed by atoms with E-state index in [1.54, 1.807) is 12.1 Å². The number of carbonyl (C=O) groups excluding carboxylic acids is 1. The van der Waals surface area contributed by atoms with Crippen LogP contribution in [0.2, 0.25) is 0 Å². The van der Waals surface area contributed by atoms with Gasteiger partial charge in [0.2, 0.25) is 5.75 Å². The molecule has 0 spiro atoms. The van der Waals surface area contributed by atoms with E-state index in [4.69, 9.17) is 19.3 Å². The summed E-state index contributed by atoms with van der Waals surface area (Å²) in [6.45, 7) is 1.25. The summed E-state index contributed by atoms with van der Waals surface area (Å²) in [7, 11) is 1.50. The zero-order valence-electron chi connectivity index (χ0n) is 12.1. The van der Waals surface area contributed by atoms with Gasteiger partial charge < -0.3 is 24.6 Å². The van der Waals surface area contributed by atoms with Gasteiger partial charge in [0.15, 0.2) is 11.5 Å². The molecule has 0 saturated heterocycles. The number of benzene rings is 1. The molecular weight excluding hydrogens is 310 g/mol. The van der Waals surface area contributed by atoms with Crippen molar-refractivity contribution in [2.24, 2.45) is 0 Å². The third kappa shape index (κ3) is 4.20. The lowest BCUT2D eigenvalue weighted by Crippen LogP contribution is -2.26. The quantitative estimate of drug-likeness (QED) is 0.722. The maximum absolute atomic E-state index is 12.1. The third-order valence-corrected chi connectivity index (χ3v) is 3.79. The Labute approximate surface area is 131 Å². The van der Waals surface area contributed by atoms with Crippen LogP contribution < -0.4 is 19.5 Å². The number of hydrogen-bond donors (Lipinski definition) is 2. The van der Waals surface area contributed by atoms with Crippen LogP contribution in [-0.2, 0) is 4.79 Å². The van der Waals surface area contributed by atoms with Crippen LogP contribution in [-0.4, -0.2) is 55.4 Å². The summed E-state index contributed by atoms with van der Waals surface area (Å²) in [6.07, 6.45) is 0. The Morgan fingerprint density at radius 3 is 2.86 bits per heavy atom. The molecule has 1 aromatic carbocycles. The molecule has 0 unspecified atom stereocenters. The molecule has 1 amide bonds. The van der Waals surface area contributed by atoms with E-state index in [2.05, 4.69) is 5.32 Å². The highest BCUT2D eigenvalue weighted by Gasteiger charge is 2.20. The first-order valence-corrected chi connectivity index (χ1v) is 7.82. The predicted octanol–water partition coefficient (Wildman–Crippen LogP) is 1.01. The summed E-state index contributed by atoms with van der Waals surface area (Å²) in [4.78, 5) is 22.5. The van der Waals surface area contributed by atoms with E-state index < -0.39 is 5.97 Å². The summed E-state index contributed by atoms with van der Waals surface area (Å²) < 4.78 is 16.2. The largest absolute Gasteiger partial charge is 0.493 e. The number of aliphatic carboxylic acids is 1. The summed E-state index contributed by atoms with van der Waals surface area (Å²) in [6, 6.07) is 3.20. The highest BCUT2D eigenvalue weighted by molar-refractivity contribution is 7.99. The van der Waals surface area contributed by atoms with E-state index in [0.29, 0.717) is 48.3 Å². The fourth-order valence-corrected chi connectivity index (χ4v) is 2.47. The number of carboxylic acids is 1. The second kappa shape index (κ2) is 7.79. The van der Waals surface area contributed by atoms with Gasteiger partial charge in [-0.2, -0.15) is 0 Å². The first-order valence-electron chi connectivity index (χ1n) is 6.67. The van der Waals surface area contributed by atoms with Gasteiger partial charge in [-0.05, 0) is 12.1 Å². The molecule has 2 N–H and O–H groups in total. The number of methoxy groups -OCH3 is 1. The van der Waals surface area contributed by atoms with Crippen molar-refractivity contribution in [1.82, 2.24) is 5.32 Å². The monoisotopic (exact) mass is 327 g/mol. The molecular formula is C14H17NO6S. The Kier molecular flexibility index (Phi) is 5.76. The minimum Gasteiger partial charge on any atom is -0.493 e. The van der Waals surface area contributed by atoms with Crippen molar-refractivity contribution >= 4 is 23.6 Å². The molecule has 0 radical (unpaired) electrons. The van der Waals surface area contributed by atoms with E-state index in [1.807, 2.05) is 0 Å². The second-order valence-corrected chi connectivity index (χ2v) is 5.51. The smallest absolute Gasteiger partial charge is 0.313 e. The van der Waals surface area contributed by atoms with Gasteiger partial charge in [0.05, 0.1) is 12.9 Å². The molecule has 0 atom stereocenters. The molecule has 0 fully saturated rings. The standard InChI is InChI=1S/C14H17NO6S/c1-19-10-6-9(7-11-13(10)21-4-3-20-11)14(18)15-2-5-22-8-12(16)17/h6-7H,2-5,8H2,1H3,(H,15,18)(H,16,17). The molecule has 22 heavy (non-hydrogen) atoms. The van der Waals surface area contributed by atoms with Crippen LogP contribution in [0.1, 0.15) is 10.4 Å².